The van der Waals surface area contributed by atoms with Crippen molar-refractivity contribution >= 4 is 18.5 Å². The standard InChI is InChI=1S/C24H26FN3O4.ClH/c25-18-5-1-3-16(13-18)15-31-19-6-8-20(9-7-19)32-21-10-12-28(24(29)30)23(22(21)26)17-4-2-11-27-14-17;/h1,3,5-10,12-13,17,23,27H,2,4,11,14-15,26H2,(H,29,30);1H. The summed E-state index contributed by atoms with van der Waals surface area (Å²) in [4.78, 5) is 13.0. The highest BCUT2D eigenvalue weighted by Gasteiger charge is 2.36. The third-order valence-electron chi connectivity index (χ3n) is 5.64. The SMILES string of the molecule is Cl.NC1=C(Oc2ccc(OCc3cccc(F)c3)cc2)C=CN(C(=O)O)C1C1CCCNC1. The molecule has 33 heavy (non-hydrogen) atoms. The zero-order valence-corrected chi connectivity index (χ0v) is 18.8. The van der Waals surface area contributed by atoms with Crippen LogP contribution in [-0.2, 0) is 6.61 Å². The number of piperidine rings is 1. The van der Waals surface area contributed by atoms with Crippen molar-refractivity contribution in [1.82, 2.24) is 10.2 Å². The topological polar surface area (TPSA) is 97.1 Å². The van der Waals surface area contributed by atoms with Gasteiger partial charge >= 0.3 is 6.09 Å². The van der Waals surface area contributed by atoms with Gasteiger partial charge in [0.2, 0.25) is 0 Å². The van der Waals surface area contributed by atoms with Crippen LogP contribution in [0.5, 0.6) is 11.5 Å². The van der Waals surface area contributed by atoms with Crippen LogP contribution >= 0.6 is 12.4 Å². The number of hydrogen-bond donors (Lipinski definition) is 3. The maximum Gasteiger partial charge on any atom is 0.411 e. The highest BCUT2D eigenvalue weighted by molar-refractivity contribution is 5.85. The summed E-state index contributed by atoms with van der Waals surface area (Å²) >= 11 is 0. The normalized spacial score (nSPS) is 20.2. The van der Waals surface area contributed by atoms with E-state index in [4.69, 9.17) is 15.2 Å². The predicted octanol–water partition coefficient (Wildman–Crippen LogP) is 4.25. The number of carboxylic acid groups (broad SMARTS) is 1. The van der Waals surface area contributed by atoms with Crippen LogP contribution in [0.3, 0.4) is 0 Å². The first-order valence-electron chi connectivity index (χ1n) is 10.6. The quantitative estimate of drug-likeness (QED) is 0.578. The monoisotopic (exact) mass is 475 g/mol. The van der Waals surface area contributed by atoms with E-state index >= 15 is 0 Å². The van der Waals surface area contributed by atoms with Crippen molar-refractivity contribution in [3.05, 3.63) is 83.6 Å². The molecule has 2 aliphatic rings. The molecule has 176 valence electrons. The summed E-state index contributed by atoms with van der Waals surface area (Å²) in [6, 6.07) is 12.8. The van der Waals surface area contributed by atoms with Crippen molar-refractivity contribution in [2.24, 2.45) is 11.7 Å². The van der Waals surface area contributed by atoms with E-state index in [-0.39, 0.29) is 30.7 Å². The maximum absolute atomic E-state index is 13.3. The van der Waals surface area contributed by atoms with Crippen LogP contribution in [0.25, 0.3) is 0 Å². The third kappa shape index (κ3) is 5.97. The van der Waals surface area contributed by atoms with Crippen LogP contribution in [0.4, 0.5) is 9.18 Å². The number of hydrogen-bond acceptors (Lipinski definition) is 5. The Labute approximate surface area is 198 Å². The Morgan fingerprint density at radius 1 is 1.21 bits per heavy atom. The van der Waals surface area contributed by atoms with E-state index in [1.54, 1.807) is 42.5 Å². The second-order valence-electron chi connectivity index (χ2n) is 7.87. The molecule has 9 heteroatoms. The molecule has 1 saturated heterocycles. The molecule has 0 spiro atoms. The number of rotatable bonds is 6. The van der Waals surface area contributed by atoms with E-state index in [1.807, 2.05) is 0 Å². The number of nitrogens with one attached hydrogen (secondary N) is 1. The zero-order chi connectivity index (χ0) is 22.5. The van der Waals surface area contributed by atoms with Gasteiger partial charge in [0.05, 0.1) is 11.7 Å². The van der Waals surface area contributed by atoms with Gasteiger partial charge in [-0.25, -0.2) is 9.18 Å². The molecule has 1 fully saturated rings. The Hall–Kier alpha value is -3.23. The predicted molar refractivity (Wildman–Crippen MR) is 125 cm³/mol. The second-order valence-corrected chi connectivity index (χ2v) is 7.87. The molecule has 2 aromatic carbocycles. The number of amides is 1. The second kappa shape index (κ2) is 11.1. The van der Waals surface area contributed by atoms with Crippen molar-refractivity contribution < 1.29 is 23.8 Å². The van der Waals surface area contributed by atoms with Crippen molar-refractivity contribution in [2.45, 2.75) is 25.5 Å². The van der Waals surface area contributed by atoms with Gasteiger partial charge in [-0.05, 0) is 73.3 Å². The van der Waals surface area contributed by atoms with Crippen LogP contribution in [-0.4, -0.2) is 35.2 Å². The fourth-order valence-corrected chi connectivity index (χ4v) is 4.06. The number of nitrogens with two attached hydrogens (primary N) is 1. The highest BCUT2D eigenvalue weighted by Crippen LogP contribution is 2.30. The van der Waals surface area contributed by atoms with Gasteiger partial charge in [0, 0.05) is 12.7 Å². The lowest BCUT2D eigenvalue weighted by atomic mass is 9.87. The summed E-state index contributed by atoms with van der Waals surface area (Å²) in [7, 11) is 0. The maximum atomic E-state index is 13.3. The molecule has 2 aliphatic heterocycles. The van der Waals surface area contributed by atoms with Gasteiger partial charge in [-0.15, -0.1) is 12.4 Å². The Balaban J connectivity index is 0.00000306. The van der Waals surface area contributed by atoms with E-state index in [0.717, 1.165) is 24.9 Å². The lowest BCUT2D eigenvalue weighted by Crippen LogP contribution is -2.50. The number of nitrogens with zero attached hydrogens (tertiary/aromatic N) is 1. The molecule has 4 N–H and O–H groups in total. The number of carbonyl (C=O) groups is 1. The molecule has 4 rings (SSSR count). The molecule has 0 radical (unpaired) electrons. The Morgan fingerprint density at radius 3 is 2.64 bits per heavy atom. The number of allylic oxidation sites excluding steroid dienone is 1. The molecule has 0 aromatic heterocycles. The largest absolute Gasteiger partial charge is 0.489 e. The molecule has 2 heterocycles. The van der Waals surface area contributed by atoms with Crippen molar-refractivity contribution in [1.29, 1.82) is 0 Å². The summed E-state index contributed by atoms with van der Waals surface area (Å²) < 4.78 is 25.0. The van der Waals surface area contributed by atoms with Gasteiger partial charge in [-0.2, -0.15) is 0 Å². The molecule has 0 aliphatic carbocycles. The van der Waals surface area contributed by atoms with Crippen LogP contribution in [0.1, 0.15) is 18.4 Å². The van der Waals surface area contributed by atoms with Crippen LogP contribution in [0, 0.1) is 11.7 Å². The average molecular weight is 476 g/mol. The molecule has 2 unspecified atom stereocenters. The summed E-state index contributed by atoms with van der Waals surface area (Å²) in [5, 5.41) is 12.9. The minimum atomic E-state index is -1.04. The summed E-state index contributed by atoms with van der Waals surface area (Å²) in [6.45, 7) is 1.88. The molecule has 7 nitrogen and oxygen atoms in total. The Bertz CT molecular complexity index is 1020. The highest BCUT2D eigenvalue weighted by atomic mass is 35.5. The van der Waals surface area contributed by atoms with Crippen molar-refractivity contribution in [3.8, 4) is 11.5 Å². The van der Waals surface area contributed by atoms with Crippen LogP contribution in [0.15, 0.2) is 72.3 Å². The first kappa shape index (κ1) is 24.4. The number of halogens is 2. The van der Waals surface area contributed by atoms with E-state index in [2.05, 4.69) is 5.32 Å². The van der Waals surface area contributed by atoms with E-state index < -0.39 is 12.1 Å². The van der Waals surface area contributed by atoms with Gasteiger partial charge in [-0.1, -0.05) is 12.1 Å². The fraction of sp³-hybridized carbons (Fsp3) is 0.292. The molecular weight excluding hydrogens is 449 g/mol. The summed E-state index contributed by atoms with van der Waals surface area (Å²) in [5.74, 6) is 1.37. The Kier molecular flexibility index (Phi) is 8.19. The number of ether oxygens (including phenoxy) is 2. The smallest absolute Gasteiger partial charge is 0.411 e. The first-order chi connectivity index (χ1) is 15.5. The molecule has 0 bridgehead atoms. The molecule has 0 saturated carbocycles. The minimum absolute atomic E-state index is 0. The Morgan fingerprint density at radius 2 is 1.97 bits per heavy atom. The van der Waals surface area contributed by atoms with Gasteiger partial charge in [-0.3, -0.25) is 4.90 Å². The third-order valence-corrected chi connectivity index (χ3v) is 5.64. The molecular formula is C24H27ClFN3O4. The van der Waals surface area contributed by atoms with Crippen molar-refractivity contribution in [2.75, 3.05) is 13.1 Å². The van der Waals surface area contributed by atoms with E-state index in [9.17, 15) is 14.3 Å². The number of benzene rings is 2. The summed E-state index contributed by atoms with van der Waals surface area (Å²) in [6.07, 6.45) is 3.90. The lowest BCUT2D eigenvalue weighted by Gasteiger charge is -2.38. The van der Waals surface area contributed by atoms with Gasteiger partial charge in [0.25, 0.3) is 0 Å². The van der Waals surface area contributed by atoms with E-state index in [1.165, 1.54) is 23.2 Å². The zero-order valence-electron chi connectivity index (χ0n) is 17.9. The van der Waals surface area contributed by atoms with Crippen LogP contribution < -0.4 is 20.5 Å². The molecule has 2 atom stereocenters. The van der Waals surface area contributed by atoms with E-state index in [0.29, 0.717) is 29.5 Å². The average Bonchev–Trinajstić information content (AvgIpc) is 2.80. The fourth-order valence-electron chi connectivity index (χ4n) is 4.06. The first-order valence-corrected chi connectivity index (χ1v) is 10.6. The lowest BCUT2D eigenvalue weighted by molar-refractivity contribution is 0.130. The van der Waals surface area contributed by atoms with Gasteiger partial charge < -0.3 is 25.6 Å². The van der Waals surface area contributed by atoms with Gasteiger partial charge in [0.1, 0.15) is 29.7 Å². The molecule has 2 aromatic rings. The van der Waals surface area contributed by atoms with Crippen molar-refractivity contribution in [3.63, 3.8) is 0 Å². The summed E-state index contributed by atoms with van der Waals surface area (Å²) in [5.41, 5.74) is 7.54. The van der Waals surface area contributed by atoms with Gasteiger partial charge in [0.15, 0.2) is 0 Å². The molecule has 1 amide bonds. The van der Waals surface area contributed by atoms with Crippen LogP contribution in [0.2, 0.25) is 0 Å². The minimum Gasteiger partial charge on any atom is -0.489 e.